The van der Waals surface area contributed by atoms with E-state index in [4.69, 9.17) is 4.98 Å². The second-order valence-electron chi connectivity index (χ2n) is 4.78. The summed E-state index contributed by atoms with van der Waals surface area (Å²) >= 11 is 1.75. The van der Waals surface area contributed by atoms with E-state index in [1.807, 2.05) is 12.1 Å². The van der Waals surface area contributed by atoms with Gasteiger partial charge in [-0.2, -0.15) is 11.3 Å². The number of para-hydroxylation sites is 1. The van der Waals surface area contributed by atoms with Crippen molar-refractivity contribution in [2.45, 2.75) is 20.4 Å². The van der Waals surface area contributed by atoms with Gasteiger partial charge < -0.3 is 5.32 Å². The lowest BCUT2D eigenvalue weighted by Crippen LogP contribution is -2.03. The Kier molecular flexibility index (Phi) is 3.22. The highest BCUT2D eigenvalue weighted by molar-refractivity contribution is 7.08. The van der Waals surface area contributed by atoms with Gasteiger partial charge >= 0.3 is 0 Å². The van der Waals surface area contributed by atoms with Crippen molar-refractivity contribution in [3.05, 3.63) is 57.8 Å². The molecule has 2 aromatic heterocycles. The second kappa shape index (κ2) is 5.02. The van der Waals surface area contributed by atoms with Crippen molar-refractivity contribution in [3.8, 4) is 0 Å². The molecule has 0 aliphatic heterocycles. The molecule has 2 nitrogen and oxygen atoms in total. The van der Waals surface area contributed by atoms with Gasteiger partial charge in [-0.05, 0) is 53.4 Å². The number of pyridine rings is 1. The summed E-state index contributed by atoms with van der Waals surface area (Å²) in [5.41, 5.74) is 4.92. The predicted molar refractivity (Wildman–Crippen MR) is 82.9 cm³/mol. The molecular formula is C16H16N2S. The van der Waals surface area contributed by atoms with Crippen LogP contribution in [0.3, 0.4) is 0 Å². The summed E-state index contributed by atoms with van der Waals surface area (Å²) < 4.78 is 0. The van der Waals surface area contributed by atoms with E-state index in [0.717, 1.165) is 17.9 Å². The summed E-state index contributed by atoms with van der Waals surface area (Å²) in [6, 6.07) is 10.4. The molecule has 3 rings (SSSR count). The molecule has 0 saturated heterocycles. The lowest BCUT2D eigenvalue weighted by atomic mass is 10.1. The van der Waals surface area contributed by atoms with Gasteiger partial charge in [-0.1, -0.05) is 18.2 Å². The molecule has 0 unspecified atom stereocenters. The number of hydrogen-bond donors (Lipinski definition) is 1. The van der Waals surface area contributed by atoms with Crippen molar-refractivity contribution in [2.75, 3.05) is 5.32 Å². The van der Waals surface area contributed by atoms with E-state index in [1.54, 1.807) is 11.3 Å². The molecule has 0 bridgehead atoms. The van der Waals surface area contributed by atoms with Crippen molar-refractivity contribution < 1.29 is 0 Å². The Morgan fingerprint density at radius 1 is 1.11 bits per heavy atom. The highest BCUT2D eigenvalue weighted by Crippen LogP contribution is 2.21. The third-order valence-electron chi connectivity index (χ3n) is 3.32. The summed E-state index contributed by atoms with van der Waals surface area (Å²) in [7, 11) is 0. The van der Waals surface area contributed by atoms with Crippen LogP contribution in [-0.4, -0.2) is 4.98 Å². The molecule has 0 atom stereocenters. The minimum atomic E-state index is 0.835. The molecule has 3 heteroatoms. The van der Waals surface area contributed by atoms with Gasteiger partial charge in [0.05, 0.1) is 5.52 Å². The molecule has 0 amide bonds. The first-order chi connectivity index (χ1) is 9.24. The SMILES string of the molecule is Cc1cscc1CNc1nc2ccccc2cc1C. The first-order valence-electron chi connectivity index (χ1n) is 6.36. The molecule has 0 aliphatic rings. The van der Waals surface area contributed by atoms with Crippen LogP contribution in [0.15, 0.2) is 41.1 Å². The maximum Gasteiger partial charge on any atom is 0.129 e. The maximum absolute atomic E-state index is 4.70. The Morgan fingerprint density at radius 2 is 1.95 bits per heavy atom. The number of rotatable bonds is 3. The summed E-state index contributed by atoms with van der Waals surface area (Å²) in [6.07, 6.45) is 0. The van der Waals surface area contributed by atoms with Crippen molar-refractivity contribution in [3.63, 3.8) is 0 Å². The van der Waals surface area contributed by atoms with Crippen LogP contribution in [0.2, 0.25) is 0 Å². The van der Waals surface area contributed by atoms with E-state index in [1.165, 1.54) is 22.1 Å². The average Bonchev–Trinajstić information content (AvgIpc) is 2.82. The smallest absolute Gasteiger partial charge is 0.129 e. The number of nitrogens with zero attached hydrogens (tertiary/aromatic N) is 1. The predicted octanol–water partition coefficient (Wildman–Crippen LogP) is 4.53. The standard InChI is InChI=1S/C16H16N2S/c1-11-7-13-5-3-4-6-15(13)18-16(11)17-8-14-10-19-9-12(14)2/h3-7,9-10H,8H2,1-2H3,(H,17,18). The van der Waals surface area contributed by atoms with Crippen molar-refractivity contribution >= 4 is 28.1 Å². The van der Waals surface area contributed by atoms with Gasteiger partial charge in [0.1, 0.15) is 5.82 Å². The molecular weight excluding hydrogens is 252 g/mol. The van der Waals surface area contributed by atoms with Crippen molar-refractivity contribution in [1.82, 2.24) is 4.98 Å². The summed E-state index contributed by atoms with van der Waals surface area (Å²) in [6.45, 7) is 5.08. The van der Waals surface area contributed by atoms with Gasteiger partial charge in [-0.15, -0.1) is 0 Å². The first kappa shape index (κ1) is 12.2. The third-order valence-corrected chi connectivity index (χ3v) is 4.23. The Balaban J connectivity index is 1.88. The van der Waals surface area contributed by atoms with E-state index < -0.39 is 0 Å². The molecule has 0 radical (unpaired) electrons. The van der Waals surface area contributed by atoms with Crippen LogP contribution in [0.25, 0.3) is 10.9 Å². The lowest BCUT2D eigenvalue weighted by molar-refractivity contribution is 1.10. The number of anilines is 1. The third kappa shape index (κ3) is 2.47. The number of aromatic nitrogens is 1. The number of hydrogen-bond acceptors (Lipinski definition) is 3. The Hall–Kier alpha value is -1.87. The van der Waals surface area contributed by atoms with E-state index in [9.17, 15) is 0 Å². The van der Waals surface area contributed by atoms with E-state index >= 15 is 0 Å². The largest absolute Gasteiger partial charge is 0.366 e. The van der Waals surface area contributed by atoms with Gasteiger partial charge in [0.15, 0.2) is 0 Å². The molecule has 1 aromatic carbocycles. The van der Waals surface area contributed by atoms with Gasteiger partial charge in [0, 0.05) is 11.9 Å². The normalized spacial score (nSPS) is 10.8. The highest BCUT2D eigenvalue weighted by atomic mass is 32.1. The Labute approximate surface area is 117 Å². The number of thiophene rings is 1. The van der Waals surface area contributed by atoms with Crippen LogP contribution in [-0.2, 0) is 6.54 Å². The fraction of sp³-hybridized carbons (Fsp3) is 0.188. The zero-order valence-electron chi connectivity index (χ0n) is 11.1. The number of fused-ring (bicyclic) bond motifs is 1. The van der Waals surface area contributed by atoms with E-state index in [0.29, 0.717) is 0 Å². The van der Waals surface area contributed by atoms with Crippen LogP contribution >= 0.6 is 11.3 Å². The topological polar surface area (TPSA) is 24.9 Å². The first-order valence-corrected chi connectivity index (χ1v) is 7.30. The molecule has 0 fully saturated rings. The summed E-state index contributed by atoms with van der Waals surface area (Å²) in [5, 5.41) is 9.01. The van der Waals surface area contributed by atoms with Gasteiger partial charge in [-0.3, -0.25) is 0 Å². The zero-order chi connectivity index (χ0) is 13.2. The van der Waals surface area contributed by atoms with E-state index in [-0.39, 0.29) is 0 Å². The monoisotopic (exact) mass is 268 g/mol. The second-order valence-corrected chi connectivity index (χ2v) is 5.52. The zero-order valence-corrected chi connectivity index (χ0v) is 11.9. The average molecular weight is 268 g/mol. The molecule has 3 aromatic rings. The van der Waals surface area contributed by atoms with Crippen LogP contribution in [0.1, 0.15) is 16.7 Å². The summed E-state index contributed by atoms with van der Waals surface area (Å²) in [4.78, 5) is 4.70. The molecule has 96 valence electrons. The number of aryl methyl sites for hydroxylation is 2. The van der Waals surface area contributed by atoms with Gasteiger partial charge in [-0.25, -0.2) is 4.98 Å². The van der Waals surface area contributed by atoms with Crippen LogP contribution in [0.4, 0.5) is 5.82 Å². The fourth-order valence-corrected chi connectivity index (χ4v) is 3.00. The molecule has 0 aliphatic carbocycles. The molecule has 0 saturated carbocycles. The van der Waals surface area contributed by atoms with Crippen LogP contribution < -0.4 is 5.32 Å². The quantitative estimate of drug-likeness (QED) is 0.755. The lowest BCUT2D eigenvalue weighted by Gasteiger charge is -2.10. The van der Waals surface area contributed by atoms with Crippen molar-refractivity contribution in [2.24, 2.45) is 0 Å². The van der Waals surface area contributed by atoms with Gasteiger partial charge in [0.2, 0.25) is 0 Å². The number of benzene rings is 1. The van der Waals surface area contributed by atoms with E-state index in [2.05, 4.69) is 48.1 Å². The van der Waals surface area contributed by atoms with Crippen LogP contribution in [0.5, 0.6) is 0 Å². The minimum Gasteiger partial charge on any atom is -0.366 e. The number of nitrogens with one attached hydrogen (secondary N) is 1. The summed E-state index contributed by atoms with van der Waals surface area (Å²) in [5.74, 6) is 0.976. The van der Waals surface area contributed by atoms with Crippen LogP contribution in [0, 0.1) is 13.8 Å². The Bertz CT molecular complexity index is 716. The molecule has 1 N–H and O–H groups in total. The maximum atomic E-state index is 4.70. The fourth-order valence-electron chi connectivity index (χ4n) is 2.15. The highest BCUT2D eigenvalue weighted by Gasteiger charge is 2.04. The van der Waals surface area contributed by atoms with Gasteiger partial charge in [0.25, 0.3) is 0 Å². The molecule has 0 spiro atoms. The molecule has 2 heterocycles. The minimum absolute atomic E-state index is 0.835. The Morgan fingerprint density at radius 3 is 2.74 bits per heavy atom. The molecule has 19 heavy (non-hydrogen) atoms. The van der Waals surface area contributed by atoms with Crippen molar-refractivity contribution in [1.29, 1.82) is 0 Å².